The standard InChI is InChI=1S/C17H19NO5.C10H18N2O2S2/c19-9-10-23-12-15(20)11-14-3-1-13(2-4-14)5-6-16(21)18-8-7-17(18)22;1-6(2)5-8(9(11)14)12(4)10(7(3)13)15-16-10/h1-4,9H,5-8,10-12H2;6,8H,5H2,1-4H3,(H2,11,14)/t;8-/m.0/s1. The van der Waals surface area contributed by atoms with Gasteiger partial charge in [-0.25, -0.2) is 0 Å². The Morgan fingerprint density at radius 3 is 2.21 bits per heavy atom. The third-order valence-corrected chi connectivity index (χ3v) is 9.37. The molecule has 2 fully saturated rings. The van der Waals surface area contributed by atoms with E-state index in [9.17, 15) is 28.8 Å². The summed E-state index contributed by atoms with van der Waals surface area (Å²) in [6, 6.07) is 7.06. The van der Waals surface area contributed by atoms with E-state index in [2.05, 4.69) is 0 Å². The van der Waals surface area contributed by atoms with Gasteiger partial charge in [-0.15, -0.1) is 0 Å². The Balaban J connectivity index is 0.000000293. The second-order valence-corrected chi connectivity index (χ2v) is 12.6. The number of likely N-dealkylation sites (tertiary alicyclic amines) is 1. The van der Waals surface area contributed by atoms with E-state index in [0.717, 1.165) is 11.1 Å². The lowest BCUT2D eigenvalue weighted by Gasteiger charge is -2.30. The van der Waals surface area contributed by atoms with E-state index in [1.165, 1.54) is 26.5 Å². The van der Waals surface area contributed by atoms with Gasteiger partial charge in [-0.3, -0.25) is 33.8 Å². The van der Waals surface area contributed by atoms with Gasteiger partial charge in [0.2, 0.25) is 17.7 Å². The molecule has 3 amide bonds. The van der Waals surface area contributed by atoms with Gasteiger partial charge < -0.3 is 15.3 Å². The molecule has 0 unspecified atom stereocenters. The molecule has 1 atom stereocenters. The molecule has 0 saturated carbocycles. The number of nitrogens with zero attached hydrogens (tertiary/aromatic N) is 2. The minimum absolute atomic E-state index is 0.0695. The summed E-state index contributed by atoms with van der Waals surface area (Å²) < 4.78 is 4.29. The molecule has 2 aliphatic heterocycles. The molecule has 3 rings (SSSR count). The van der Waals surface area contributed by atoms with Crippen LogP contribution >= 0.6 is 21.6 Å². The van der Waals surface area contributed by atoms with Crippen LogP contribution in [0.4, 0.5) is 0 Å². The number of ketones is 2. The molecule has 1 aromatic rings. The highest BCUT2D eigenvalue weighted by atomic mass is 33.2. The molecule has 12 heteroatoms. The Hall–Kier alpha value is -2.54. The van der Waals surface area contributed by atoms with Crippen molar-refractivity contribution in [1.82, 2.24) is 9.80 Å². The molecule has 0 bridgehead atoms. The van der Waals surface area contributed by atoms with Crippen molar-refractivity contribution in [3.05, 3.63) is 35.4 Å². The number of carbonyl (C=O) groups excluding carboxylic acids is 6. The predicted molar refractivity (Wildman–Crippen MR) is 150 cm³/mol. The number of Topliss-reactive ketones (excluding diaryl/α,β-unsaturated/α-hetero) is 2. The van der Waals surface area contributed by atoms with E-state index in [4.69, 9.17) is 10.5 Å². The number of carbonyl (C=O) groups is 6. The number of hydrogen-bond acceptors (Lipinski definition) is 10. The summed E-state index contributed by atoms with van der Waals surface area (Å²) in [5.74, 6) is -0.234. The lowest BCUT2D eigenvalue weighted by Crippen LogP contribution is -2.51. The average Bonchev–Trinajstić information content (AvgIpc) is 3.68. The summed E-state index contributed by atoms with van der Waals surface area (Å²) in [4.78, 5) is 70.7. The average molecular weight is 580 g/mol. The smallest absolute Gasteiger partial charge is 0.234 e. The second-order valence-electron chi connectivity index (χ2n) is 9.87. The fraction of sp³-hybridized carbons (Fsp3) is 0.556. The molecular formula is C27H37N3O7S2. The largest absolute Gasteiger partial charge is 0.368 e. The van der Waals surface area contributed by atoms with Crippen LogP contribution in [0.15, 0.2) is 24.3 Å². The fourth-order valence-corrected chi connectivity index (χ4v) is 6.38. The first-order valence-corrected chi connectivity index (χ1v) is 14.9. The van der Waals surface area contributed by atoms with Crippen LogP contribution in [0.1, 0.15) is 51.2 Å². The molecule has 2 N–H and O–H groups in total. The van der Waals surface area contributed by atoms with Crippen molar-refractivity contribution in [2.24, 2.45) is 11.7 Å². The summed E-state index contributed by atoms with van der Waals surface area (Å²) >= 11 is 0. The van der Waals surface area contributed by atoms with Crippen molar-refractivity contribution in [1.29, 1.82) is 0 Å². The number of aryl methyl sites for hydroxylation is 1. The molecule has 10 nitrogen and oxygen atoms in total. The SMILES string of the molecule is CC(=O)C1(N(C)[C@@H](CC(C)C)C(N)=O)SS1.O=CCOCC(=O)Cc1ccc(CCC(=O)N2CCC2=O)cc1. The summed E-state index contributed by atoms with van der Waals surface area (Å²) in [5.41, 5.74) is 7.24. The van der Waals surface area contributed by atoms with E-state index in [1.54, 1.807) is 14.0 Å². The highest BCUT2D eigenvalue weighted by Gasteiger charge is 2.57. The van der Waals surface area contributed by atoms with E-state index in [1.807, 2.05) is 43.0 Å². The van der Waals surface area contributed by atoms with Crippen LogP contribution in [-0.4, -0.2) is 82.4 Å². The third-order valence-electron chi connectivity index (χ3n) is 6.29. The van der Waals surface area contributed by atoms with Gasteiger partial charge >= 0.3 is 0 Å². The van der Waals surface area contributed by atoms with Gasteiger partial charge in [-0.05, 0) is 65.4 Å². The lowest BCUT2D eigenvalue weighted by molar-refractivity contribution is -0.152. The van der Waals surface area contributed by atoms with Crippen LogP contribution in [-0.2, 0) is 46.3 Å². The van der Waals surface area contributed by atoms with Crippen LogP contribution in [0.3, 0.4) is 0 Å². The van der Waals surface area contributed by atoms with Crippen LogP contribution in [0.2, 0.25) is 0 Å². The molecule has 0 spiro atoms. The Morgan fingerprint density at radius 1 is 1.15 bits per heavy atom. The minimum Gasteiger partial charge on any atom is -0.368 e. The highest BCUT2D eigenvalue weighted by Crippen LogP contribution is 2.67. The van der Waals surface area contributed by atoms with Crippen molar-refractivity contribution in [2.45, 2.75) is 63.1 Å². The summed E-state index contributed by atoms with van der Waals surface area (Å²) in [5, 5.41) is 0. The van der Waals surface area contributed by atoms with Gasteiger partial charge in [-0.2, -0.15) is 0 Å². The van der Waals surface area contributed by atoms with Crippen LogP contribution in [0, 0.1) is 5.92 Å². The molecule has 2 saturated heterocycles. The quantitative estimate of drug-likeness (QED) is 0.108. The third kappa shape index (κ3) is 9.86. The number of ether oxygens (including phenoxy) is 1. The number of rotatable bonds is 15. The molecular weight excluding hydrogens is 542 g/mol. The number of likely N-dealkylation sites (N-methyl/N-ethyl adjacent to an activating group) is 1. The van der Waals surface area contributed by atoms with E-state index < -0.39 is 4.20 Å². The topological polar surface area (TPSA) is 144 Å². The van der Waals surface area contributed by atoms with E-state index in [0.29, 0.717) is 44.4 Å². The van der Waals surface area contributed by atoms with Crippen LogP contribution < -0.4 is 5.73 Å². The zero-order chi connectivity index (χ0) is 29.2. The monoisotopic (exact) mass is 579 g/mol. The lowest BCUT2D eigenvalue weighted by atomic mass is 10.0. The zero-order valence-electron chi connectivity index (χ0n) is 22.8. The van der Waals surface area contributed by atoms with Gasteiger partial charge in [0.25, 0.3) is 0 Å². The predicted octanol–water partition coefficient (Wildman–Crippen LogP) is 2.16. The Kier molecular flexibility index (Phi) is 12.8. The van der Waals surface area contributed by atoms with Gasteiger partial charge in [0.1, 0.15) is 19.5 Å². The Labute approximate surface area is 237 Å². The second kappa shape index (κ2) is 15.3. The molecule has 0 radical (unpaired) electrons. The molecule has 0 aliphatic carbocycles. The maximum Gasteiger partial charge on any atom is 0.234 e. The molecule has 0 aromatic heterocycles. The molecule has 214 valence electrons. The number of imide groups is 1. The number of hydrogen-bond donors (Lipinski definition) is 1. The first-order chi connectivity index (χ1) is 18.4. The summed E-state index contributed by atoms with van der Waals surface area (Å²) in [6.45, 7) is 6.02. The Morgan fingerprint density at radius 2 is 1.77 bits per heavy atom. The molecule has 1 aromatic carbocycles. The van der Waals surface area contributed by atoms with Crippen molar-refractivity contribution in [3.8, 4) is 0 Å². The summed E-state index contributed by atoms with van der Waals surface area (Å²) in [6.07, 6.45) is 2.88. The minimum atomic E-state index is -0.575. The number of benzene rings is 1. The molecule has 2 aliphatic rings. The first-order valence-electron chi connectivity index (χ1n) is 12.8. The van der Waals surface area contributed by atoms with E-state index in [-0.39, 0.29) is 55.0 Å². The van der Waals surface area contributed by atoms with E-state index >= 15 is 0 Å². The normalized spacial score (nSPS) is 16.2. The number of amides is 3. The highest BCUT2D eigenvalue weighted by molar-refractivity contribution is 8.94. The van der Waals surface area contributed by atoms with Crippen molar-refractivity contribution < 1.29 is 33.5 Å². The zero-order valence-corrected chi connectivity index (χ0v) is 24.5. The van der Waals surface area contributed by atoms with Crippen molar-refractivity contribution in [3.63, 3.8) is 0 Å². The maximum atomic E-state index is 11.8. The van der Waals surface area contributed by atoms with Gasteiger partial charge in [0.15, 0.2) is 15.8 Å². The van der Waals surface area contributed by atoms with Crippen LogP contribution in [0.25, 0.3) is 0 Å². The number of aldehydes is 1. The van der Waals surface area contributed by atoms with Crippen LogP contribution in [0.5, 0.6) is 0 Å². The fourth-order valence-electron chi connectivity index (χ4n) is 3.93. The Bertz CT molecular complexity index is 1060. The molecule has 39 heavy (non-hydrogen) atoms. The van der Waals surface area contributed by atoms with Gasteiger partial charge in [-0.1, -0.05) is 38.1 Å². The molecule has 2 heterocycles. The maximum absolute atomic E-state index is 11.8. The first kappa shape index (κ1) is 32.7. The van der Waals surface area contributed by atoms with Gasteiger partial charge in [0.05, 0.1) is 6.04 Å². The number of primary amides is 1. The summed E-state index contributed by atoms with van der Waals surface area (Å²) in [7, 11) is 4.78. The van der Waals surface area contributed by atoms with Crippen molar-refractivity contribution in [2.75, 3.05) is 26.8 Å². The van der Waals surface area contributed by atoms with Crippen molar-refractivity contribution >= 4 is 57.2 Å². The number of nitrogens with two attached hydrogens (primary N) is 1. The number of β-lactam (4-membered cyclic amide) rings is 1. The van der Waals surface area contributed by atoms with Gasteiger partial charge in [0, 0.05) is 25.8 Å².